The number of aromatic carboxylic acids is 1. The second kappa shape index (κ2) is 9.16. The molecule has 4 rings (SSSR count). The first-order chi connectivity index (χ1) is 16.2. The highest BCUT2D eigenvalue weighted by atomic mass is 32.2. The molecule has 0 aliphatic carbocycles. The minimum Gasteiger partial charge on any atom is -0.478 e. The Morgan fingerprint density at radius 2 is 1.76 bits per heavy atom. The number of rotatable bonds is 7. The molecule has 1 saturated heterocycles. The highest BCUT2D eigenvalue weighted by molar-refractivity contribution is 8.18. The first-order valence-corrected chi connectivity index (χ1v) is 10.5. The molecule has 1 N–H and O–H groups in total. The minimum atomic E-state index is -1.12. The molecule has 1 fully saturated rings. The number of imide groups is 1. The molecule has 2 heterocycles. The van der Waals surface area contributed by atoms with Crippen molar-refractivity contribution in [2.75, 3.05) is 6.54 Å². The van der Waals surface area contributed by atoms with Crippen molar-refractivity contribution in [1.82, 2.24) is 4.90 Å². The molecule has 0 atom stereocenters. The number of furan rings is 1. The maximum absolute atomic E-state index is 12.7. The molecule has 0 saturated carbocycles. The first kappa shape index (κ1) is 22.7. The van der Waals surface area contributed by atoms with Crippen LogP contribution in [0, 0.1) is 10.1 Å². The molecule has 1 aromatic heterocycles. The van der Waals surface area contributed by atoms with Crippen LogP contribution in [-0.4, -0.2) is 44.4 Å². The van der Waals surface area contributed by atoms with Gasteiger partial charge in [0.2, 0.25) is 0 Å². The molecule has 0 unspecified atom stereocenters. The van der Waals surface area contributed by atoms with Gasteiger partial charge < -0.3 is 9.52 Å². The van der Waals surface area contributed by atoms with Crippen molar-refractivity contribution in [2.45, 2.75) is 0 Å². The predicted molar refractivity (Wildman–Crippen MR) is 121 cm³/mol. The van der Waals surface area contributed by atoms with Crippen LogP contribution < -0.4 is 0 Å². The summed E-state index contributed by atoms with van der Waals surface area (Å²) >= 11 is 0.636. The molecule has 10 nitrogen and oxygen atoms in total. The largest absolute Gasteiger partial charge is 0.478 e. The third-order valence-corrected chi connectivity index (χ3v) is 5.81. The Balaban J connectivity index is 1.51. The molecule has 2 amide bonds. The second-order valence-corrected chi connectivity index (χ2v) is 8.04. The molecule has 0 bridgehead atoms. The first-order valence-electron chi connectivity index (χ1n) is 9.70. The predicted octanol–water partition coefficient (Wildman–Crippen LogP) is 4.47. The number of carboxylic acids is 1. The summed E-state index contributed by atoms with van der Waals surface area (Å²) in [7, 11) is 0. The standard InChI is InChI=1S/C23H14N2O8S/c26-18(13-5-7-14(8-6-13)25(31)32)12-24-21(27)20(34-23(24)30)11-15-9-10-19(33-15)16-3-1-2-4-17(16)22(28)29/h1-11H,12H2,(H,28,29)/b20-11-. The van der Waals surface area contributed by atoms with E-state index >= 15 is 0 Å². The summed E-state index contributed by atoms with van der Waals surface area (Å²) in [6.07, 6.45) is 1.34. The van der Waals surface area contributed by atoms with Gasteiger partial charge in [-0.1, -0.05) is 18.2 Å². The van der Waals surface area contributed by atoms with Gasteiger partial charge in [0.15, 0.2) is 5.78 Å². The minimum absolute atomic E-state index is 0.0360. The zero-order valence-electron chi connectivity index (χ0n) is 17.2. The quantitative estimate of drug-likeness (QED) is 0.225. The molecular formula is C23H14N2O8S. The number of carbonyl (C=O) groups is 4. The number of ketones is 1. The lowest BCUT2D eigenvalue weighted by Crippen LogP contribution is -2.33. The van der Waals surface area contributed by atoms with E-state index in [4.69, 9.17) is 4.42 Å². The van der Waals surface area contributed by atoms with Gasteiger partial charge in [0, 0.05) is 29.3 Å². The van der Waals surface area contributed by atoms with Crippen molar-refractivity contribution in [3.8, 4) is 11.3 Å². The van der Waals surface area contributed by atoms with Crippen LogP contribution in [0.3, 0.4) is 0 Å². The number of thioether (sulfide) groups is 1. The number of amides is 2. The third-order valence-electron chi connectivity index (χ3n) is 4.90. The maximum atomic E-state index is 12.7. The molecule has 1 aliphatic heterocycles. The van der Waals surface area contributed by atoms with Crippen molar-refractivity contribution in [3.05, 3.63) is 92.6 Å². The SMILES string of the molecule is O=C(CN1C(=O)S/C(=C\c2ccc(-c3ccccc3C(=O)O)o2)C1=O)c1ccc([N+](=O)[O-])cc1. The number of carboxylic acid groups (broad SMARTS) is 1. The zero-order chi connectivity index (χ0) is 24.4. The van der Waals surface area contributed by atoms with Gasteiger partial charge in [0.05, 0.1) is 21.9 Å². The van der Waals surface area contributed by atoms with Crippen LogP contribution in [0.4, 0.5) is 10.5 Å². The van der Waals surface area contributed by atoms with Crippen molar-refractivity contribution in [1.29, 1.82) is 0 Å². The average molecular weight is 478 g/mol. The third kappa shape index (κ3) is 4.50. The van der Waals surface area contributed by atoms with Gasteiger partial charge in [-0.2, -0.15) is 0 Å². The smallest absolute Gasteiger partial charge is 0.336 e. The monoisotopic (exact) mass is 478 g/mol. The number of hydrogen-bond donors (Lipinski definition) is 1. The van der Waals surface area contributed by atoms with Crippen LogP contribution in [0.2, 0.25) is 0 Å². The van der Waals surface area contributed by atoms with E-state index in [9.17, 15) is 34.4 Å². The van der Waals surface area contributed by atoms with E-state index in [1.54, 1.807) is 24.3 Å². The maximum Gasteiger partial charge on any atom is 0.336 e. The number of benzene rings is 2. The molecule has 0 spiro atoms. The van der Waals surface area contributed by atoms with Crippen LogP contribution in [0.5, 0.6) is 0 Å². The van der Waals surface area contributed by atoms with Crippen molar-refractivity contribution < 1.29 is 33.6 Å². The van der Waals surface area contributed by atoms with Gasteiger partial charge in [0.1, 0.15) is 11.5 Å². The summed E-state index contributed by atoms with van der Waals surface area (Å²) in [6, 6.07) is 14.2. The molecule has 1 aliphatic rings. The number of nitro groups is 1. The fourth-order valence-electron chi connectivity index (χ4n) is 3.23. The molecule has 170 valence electrons. The van der Waals surface area contributed by atoms with Gasteiger partial charge in [-0.15, -0.1) is 0 Å². The Morgan fingerprint density at radius 1 is 1.06 bits per heavy atom. The number of Topliss-reactive ketones (excluding diaryl/α,β-unsaturated/α-hetero) is 1. The summed E-state index contributed by atoms with van der Waals surface area (Å²) in [4.78, 5) is 59.9. The van der Waals surface area contributed by atoms with Gasteiger partial charge in [-0.3, -0.25) is 29.4 Å². The number of nitrogens with zero attached hydrogens (tertiary/aromatic N) is 2. The zero-order valence-corrected chi connectivity index (χ0v) is 18.0. The Bertz CT molecular complexity index is 1370. The van der Waals surface area contributed by atoms with E-state index < -0.39 is 34.4 Å². The molecule has 3 aromatic rings. The molecular weight excluding hydrogens is 464 g/mol. The Morgan fingerprint density at radius 3 is 2.44 bits per heavy atom. The van der Waals surface area contributed by atoms with E-state index in [0.29, 0.717) is 17.3 Å². The second-order valence-electron chi connectivity index (χ2n) is 7.05. The van der Waals surface area contributed by atoms with Crippen LogP contribution >= 0.6 is 11.8 Å². The lowest BCUT2D eigenvalue weighted by atomic mass is 10.1. The summed E-state index contributed by atoms with van der Waals surface area (Å²) in [5.74, 6) is -1.86. The van der Waals surface area contributed by atoms with Crippen molar-refractivity contribution in [3.63, 3.8) is 0 Å². The fourth-order valence-corrected chi connectivity index (χ4v) is 4.05. The molecule has 0 radical (unpaired) electrons. The number of hydrogen-bond acceptors (Lipinski definition) is 8. The Kier molecular flexibility index (Phi) is 6.11. The van der Waals surface area contributed by atoms with E-state index in [1.165, 1.54) is 30.3 Å². The summed E-state index contributed by atoms with van der Waals surface area (Å²) in [5, 5.41) is 19.4. The normalized spacial score (nSPS) is 14.6. The summed E-state index contributed by atoms with van der Waals surface area (Å²) < 4.78 is 5.67. The van der Waals surface area contributed by atoms with Gasteiger partial charge in [-0.25, -0.2) is 4.79 Å². The molecule has 34 heavy (non-hydrogen) atoms. The molecule has 11 heteroatoms. The Labute approximate surface area is 195 Å². The topological polar surface area (TPSA) is 148 Å². The number of nitro benzene ring substituents is 1. The molecule has 2 aromatic carbocycles. The van der Waals surface area contributed by atoms with Crippen molar-refractivity contribution >= 4 is 46.4 Å². The van der Waals surface area contributed by atoms with E-state index in [0.717, 1.165) is 17.0 Å². The van der Waals surface area contributed by atoms with Crippen LogP contribution in [0.15, 0.2) is 70.0 Å². The average Bonchev–Trinajstić information content (AvgIpc) is 3.39. The lowest BCUT2D eigenvalue weighted by molar-refractivity contribution is -0.384. The number of carbonyl (C=O) groups excluding carboxylic acids is 3. The fraction of sp³-hybridized carbons (Fsp3) is 0.0435. The van der Waals surface area contributed by atoms with Crippen LogP contribution in [0.25, 0.3) is 17.4 Å². The number of non-ortho nitro benzene ring substituents is 1. The summed E-state index contributed by atoms with van der Waals surface area (Å²) in [6.45, 7) is -0.519. The van der Waals surface area contributed by atoms with Crippen LogP contribution in [-0.2, 0) is 4.79 Å². The van der Waals surface area contributed by atoms with E-state index in [2.05, 4.69) is 0 Å². The van der Waals surface area contributed by atoms with Gasteiger partial charge >= 0.3 is 5.97 Å². The van der Waals surface area contributed by atoms with Crippen LogP contribution in [0.1, 0.15) is 26.5 Å². The van der Waals surface area contributed by atoms with E-state index in [-0.39, 0.29) is 33.2 Å². The van der Waals surface area contributed by atoms with E-state index in [1.807, 2.05) is 0 Å². The Hall–Kier alpha value is -4.51. The highest BCUT2D eigenvalue weighted by Crippen LogP contribution is 2.34. The van der Waals surface area contributed by atoms with Gasteiger partial charge in [0.25, 0.3) is 16.8 Å². The lowest BCUT2D eigenvalue weighted by Gasteiger charge is -2.11. The van der Waals surface area contributed by atoms with Crippen molar-refractivity contribution in [2.24, 2.45) is 0 Å². The summed E-state index contributed by atoms with van der Waals surface area (Å²) in [5.41, 5.74) is 0.348. The highest BCUT2D eigenvalue weighted by Gasteiger charge is 2.36. The van der Waals surface area contributed by atoms with Gasteiger partial charge in [-0.05, 0) is 42.1 Å².